The lowest BCUT2D eigenvalue weighted by atomic mass is 10.2. The minimum absolute atomic E-state index is 0.0131. The molecule has 1 aliphatic heterocycles. The lowest BCUT2D eigenvalue weighted by Gasteiger charge is -2.21. The first-order valence-electron chi connectivity index (χ1n) is 5.00. The molecule has 0 saturated carbocycles. The van der Waals surface area contributed by atoms with Crippen molar-refractivity contribution >= 4 is 23.4 Å². The fourth-order valence-corrected chi connectivity index (χ4v) is 1.52. The second-order valence-electron chi connectivity index (χ2n) is 3.55. The molecule has 17 heavy (non-hydrogen) atoms. The number of rotatable bonds is 1. The number of ether oxygens (including phenoxy) is 2. The van der Waals surface area contributed by atoms with Crippen LogP contribution in [0, 0.1) is 0 Å². The van der Waals surface area contributed by atoms with E-state index in [1.165, 1.54) is 12.0 Å². The van der Waals surface area contributed by atoms with E-state index >= 15 is 0 Å². The van der Waals surface area contributed by atoms with Crippen LogP contribution in [-0.2, 0) is 9.53 Å². The van der Waals surface area contributed by atoms with E-state index in [0.717, 1.165) is 0 Å². The highest BCUT2D eigenvalue weighted by atomic mass is 16.5. The van der Waals surface area contributed by atoms with Crippen LogP contribution in [0.3, 0.4) is 0 Å². The molecule has 2 amide bonds. The summed E-state index contributed by atoms with van der Waals surface area (Å²) in [7, 11) is 2.89. The quantitative estimate of drug-likeness (QED) is 0.796. The summed E-state index contributed by atoms with van der Waals surface area (Å²) >= 11 is 0. The van der Waals surface area contributed by atoms with Crippen molar-refractivity contribution in [2.45, 2.75) is 0 Å². The van der Waals surface area contributed by atoms with Gasteiger partial charge >= 0.3 is 6.09 Å². The Morgan fingerprint density at radius 3 is 3.00 bits per heavy atom. The zero-order valence-corrected chi connectivity index (χ0v) is 9.52. The smallest absolute Gasteiger partial charge is 0.413 e. The summed E-state index contributed by atoms with van der Waals surface area (Å²) in [5, 5.41) is 2.67. The average Bonchev–Trinajstić information content (AvgIpc) is 2.36. The lowest BCUT2D eigenvalue weighted by molar-refractivity contribution is -0.118. The van der Waals surface area contributed by atoms with Crippen LogP contribution in [0.15, 0.2) is 18.2 Å². The number of benzene rings is 1. The summed E-state index contributed by atoms with van der Waals surface area (Å²) in [6, 6.07) is 5.07. The highest BCUT2D eigenvalue weighted by Gasteiger charge is 2.18. The Bertz CT molecular complexity index is 473. The van der Waals surface area contributed by atoms with Gasteiger partial charge in [-0.25, -0.2) is 4.79 Å². The van der Waals surface area contributed by atoms with E-state index in [1.807, 2.05) is 0 Å². The summed E-state index contributed by atoms with van der Waals surface area (Å²) in [5.74, 6) is 0.377. The summed E-state index contributed by atoms with van der Waals surface area (Å²) < 4.78 is 9.81. The SMILES string of the molecule is COC(=O)N(C)c1ccc2c(c1)NC(=O)CO2. The van der Waals surface area contributed by atoms with E-state index in [4.69, 9.17) is 4.74 Å². The van der Waals surface area contributed by atoms with Crippen LogP contribution in [0.1, 0.15) is 0 Å². The van der Waals surface area contributed by atoms with Gasteiger partial charge in [0.1, 0.15) is 5.75 Å². The number of anilines is 2. The van der Waals surface area contributed by atoms with Crippen molar-refractivity contribution in [3.05, 3.63) is 18.2 Å². The molecule has 1 aromatic rings. The molecule has 0 unspecified atom stereocenters. The Balaban J connectivity index is 2.29. The minimum atomic E-state index is -0.479. The van der Waals surface area contributed by atoms with E-state index in [-0.39, 0.29) is 12.5 Å². The molecule has 0 saturated heterocycles. The second kappa shape index (κ2) is 4.32. The van der Waals surface area contributed by atoms with Crippen LogP contribution < -0.4 is 15.0 Å². The number of hydrogen-bond acceptors (Lipinski definition) is 4. The predicted molar refractivity (Wildman–Crippen MR) is 61.4 cm³/mol. The molecule has 2 rings (SSSR count). The molecular weight excluding hydrogens is 224 g/mol. The molecule has 0 fully saturated rings. The Morgan fingerprint density at radius 2 is 2.29 bits per heavy atom. The molecule has 0 atom stereocenters. The van der Waals surface area contributed by atoms with Gasteiger partial charge in [0, 0.05) is 12.7 Å². The maximum Gasteiger partial charge on any atom is 0.413 e. The molecule has 6 nitrogen and oxygen atoms in total. The van der Waals surface area contributed by atoms with Gasteiger partial charge in [-0.15, -0.1) is 0 Å². The molecule has 1 aromatic carbocycles. The van der Waals surface area contributed by atoms with Crippen molar-refractivity contribution in [3.8, 4) is 5.75 Å². The molecule has 0 aromatic heterocycles. The fraction of sp³-hybridized carbons (Fsp3) is 0.273. The summed E-state index contributed by atoms with van der Waals surface area (Å²) in [4.78, 5) is 23.8. The van der Waals surface area contributed by atoms with Crippen LogP contribution in [-0.4, -0.2) is 32.8 Å². The third-order valence-electron chi connectivity index (χ3n) is 2.43. The van der Waals surface area contributed by atoms with Gasteiger partial charge in [0.05, 0.1) is 12.8 Å². The normalized spacial score (nSPS) is 13.2. The number of nitrogens with zero attached hydrogens (tertiary/aromatic N) is 1. The molecule has 1 heterocycles. The molecule has 0 spiro atoms. The molecular formula is C11H12N2O4. The van der Waals surface area contributed by atoms with Crippen LogP contribution >= 0.6 is 0 Å². The number of methoxy groups -OCH3 is 1. The second-order valence-corrected chi connectivity index (χ2v) is 3.55. The lowest BCUT2D eigenvalue weighted by Crippen LogP contribution is -2.28. The maximum absolute atomic E-state index is 11.3. The van der Waals surface area contributed by atoms with Crippen LogP contribution in [0.25, 0.3) is 0 Å². The third-order valence-corrected chi connectivity index (χ3v) is 2.43. The summed E-state index contributed by atoms with van der Waals surface area (Å²) in [6.07, 6.45) is -0.479. The van der Waals surface area contributed by atoms with Gasteiger partial charge < -0.3 is 14.8 Å². The van der Waals surface area contributed by atoms with Crippen molar-refractivity contribution in [2.24, 2.45) is 0 Å². The van der Waals surface area contributed by atoms with Crippen molar-refractivity contribution < 1.29 is 19.1 Å². The highest BCUT2D eigenvalue weighted by Crippen LogP contribution is 2.31. The zero-order chi connectivity index (χ0) is 12.4. The van der Waals surface area contributed by atoms with Crippen molar-refractivity contribution in [1.29, 1.82) is 0 Å². The molecule has 90 valence electrons. The zero-order valence-electron chi connectivity index (χ0n) is 9.52. The van der Waals surface area contributed by atoms with Gasteiger partial charge in [0.25, 0.3) is 5.91 Å². The van der Waals surface area contributed by atoms with Crippen molar-refractivity contribution in [2.75, 3.05) is 31.0 Å². The summed E-state index contributed by atoms with van der Waals surface area (Å²) in [6.45, 7) is 0.0131. The number of hydrogen-bond donors (Lipinski definition) is 1. The van der Waals surface area contributed by atoms with Crippen LogP contribution in [0.5, 0.6) is 5.75 Å². The van der Waals surface area contributed by atoms with Gasteiger partial charge in [-0.2, -0.15) is 0 Å². The highest BCUT2D eigenvalue weighted by molar-refractivity contribution is 5.97. The van der Waals surface area contributed by atoms with Gasteiger partial charge in [-0.1, -0.05) is 0 Å². The number of carbonyl (C=O) groups is 2. The number of nitrogens with one attached hydrogen (secondary N) is 1. The van der Waals surface area contributed by atoms with Gasteiger partial charge in [0.15, 0.2) is 6.61 Å². The van der Waals surface area contributed by atoms with Crippen LogP contribution in [0.2, 0.25) is 0 Å². The minimum Gasteiger partial charge on any atom is -0.482 e. The number of carbonyl (C=O) groups excluding carboxylic acids is 2. The molecule has 0 bridgehead atoms. The first kappa shape index (κ1) is 11.3. The summed E-state index contributed by atoms with van der Waals surface area (Å²) in [5.41, 5.74) is 1.16. The Morgan fingerprint density at radius 1 is 1.53 bits per heavy atom. The van der Waals surface area contributed by atoms with Crippen molar-refractivity contribution in [3.63, 3.8) is 0 Å². The Kier molecular flexibility index (Phi) is 2.86. The molecule has 1 N–H and O–H groups in total. The van der Waals surface area contributed by atoms with Crippen LogP contribution in [0.4, 0.5) is 16.2 Å². The van der Waals surface area contributed by atoms with E-state index in [1.54, 1.807) is 25.2 Å². The van der Waals surface area contributed by atoms with E-state index < -0.39 is 6.09 Å². The van der Waals surface area contributed by atoms with E-state index in [0.29, 0.717) is 17.1 Å². The number of fused-ring (bicyclic) bond motifs is 1. The monoisotopic (exact) mass is 236 g/mol. The first-order chi connectivity index (χ1) is 8.11. The topological polar surface area (TPSA) is 67.9 Å². The molecule has 6 heteroatoms. The number of amides is 2. The fourth-order valence-electron chi connectivity index (χ4n) is 1.52. The third kappa shape index (κ3) is 2.15. The average molecular weight is 236 g/mol. The van der Waals surface area contributed by atoms with Crippen molar-refractivity contribution in [1.82, 2.24) is 0 Å². The Hall–Kier alpha value is -2.24. The first-order valence-corrected chi connectivity index (χ1v) is 5.00. The largest absolute Gasteiger partial charge is 0.482 e. The Labute approximate surface area is 98.1 Å². The predicted octanol–water partition coefficient (Wildman–Crippen LogP) is 1.22. The molecule has 0 radical (unpaired) electrons. The van der Waals surface area contributed by atoms with E-state index in [2.05, 4.69) is 10.1 Å². The molecule has 0 aliphatic carbocycles. The maximum atomic E-state index is 11.3. The van der Waals surface area contributed by atoms with Gasteiger partial charge in [-0.05, 0) is 18.2 Å². The molecule has 1 aliphatic rings. The van der Waals surface area contributed by atoms with Gasteiger partial charge in [-0.3, -0.25) is 9.69 Å². The standard InChI is InChI=1S/C11H12N2O4/c1-13(11(15)16-2)7-3-4-9-8(5-7)12-10(14)6-17-9/h3-5H,6H2,1-2H3,(H,12,14). The van der Waals surface area contributed by atoms with Gasteiger partial charge in [0.2, 0.25) is 0 Å². The van der Waals surface area contributed by atoms with E-state index in [9.17, 15) is 9.59 Å².